The molecular formula is C20H33N3O5S. The maximum absolute atomic E-state index is 12.5. The van der Waals surface area contributed by atoms with Crippen LogP contribution in [0.3, 0.4) is 0 Å². The van der Waals surface area contributed by atoms with Gasteiger partial charge in [-0.05, 0) is 30.5 Å². The lowest BCUT2D eigenvalue weighted by atomic mass is 10.1. The first-order chi connectivity index (χ1) is 13.8. The van der Waals surface area contributed by atoms with Crippen LogP contribution in [0.25, 0.3) is 0 Å². The molecule has 2 amide bonds. The fourth-order valence-corrected chi connectivity index (χ4v) is 4.24. The number of sulfonamides is 1. The van der Waals surface area contributed by atoms with E-state index in [-0.39, 0.29) is 29.7 Å². The molecule has 0 aliphatic carbocycles. The van der Waals surface area contributed by atoms with Gasteiger partial charge in [0, 0.05) is 46.8 Å². The first kappa shape index (κ1) is 25.1. The van der Waals surface area contributed by atoms with Crippen LogP contribution in [-0.4, -0.2) is 76.4 Å². The molecule has 164 valence electrons. The van der Waals surface area contributed by atoms with Gasteiger partial charge < -0.3 is 15.0 Å². The maximum Gasteiger partial charge on any atom is 0.243 e. The maximum atomic E-state index is 12.5. The predicted octanol–water partition coefficient (Wildman–Crippen LogP) is 1.26. The van der Waals surface area contributed by atoms with Gasteiger partial charge >= 0.3 is 0 Å². The molecule has 0 saturated carbocycles. The number of likely N-dealkylation sites (N-methyl/N-ethyl adjacent to an activating group) is 1. The van der Waals surface area contributed by atoms with Crippen molar-refractivity contribution in [1.82, 2.24) is 14.5 Å². The molecule has 1 aromatic rings. The van der Waals surface area contributed by atoms with Crippen molar-refractivity contribution in [2.24, 2.45) is 0 Å². The van der Waals surface area contributed by atoms with E-state index >= 15 is 0 Å². The van der Waals surface area contributed by atoms with Crippen LogP contribution in [0, 0.1) is 0 Å². The Kier molecular flexibility index (Phi) is 10.9. The van der Waals surface area contributed by atoms with Crippen molar-refractivity contribution in [2.75, 3.05) is 46.9 Å². The molecule has 0 fully saturated rings. The number of amides is 2. The number of methoxy groups -OCH3 is 1. The molecule has 0 heterocycles. The highest BCUT2D eigenvalue weighted by molar-refractivity contribution is 7.89. The van der Waals surface area contributed by atoms with Gasteiger partial charge in [0.2, 0.25) is 21.8 Å². The highest BCUT2D eigenvalue weighted by atomic mass is 32.2. The molecule has 29 heavy (non-hydrogen) atoms. The van der Waals surface area contributed by atoms with Crippen molar-refractivity contribution in [1.29, 1.82) is 0 Å². The smallest absolute Gasteiger partial charge is 0.243 e. The van der Waals surface area contributed by atoms with Gasteiger partial charge in [0.15, 0.2) is 0 Å². The van der Waals surface area contributed by atoms with Gasteiger partial charge in [-0.2, -0.15) is 4.31 Å². The molecule has 0 unspecified atom stereocenters. The quantitative estimate of drug-likeness (QED) is 0.478. The summed E-state index contributed by atoms with van der Waals surface area (Å²) in [7, 11) is -0.285. The average Bonchev–Trinajstić information content (AvgIpc) is 2.70. The van der Waals surface area contributed by atoms with Gasteiger partial charge in [0.25, 0.3) is 0 Å². The molecule has 0 saturated heterocycles. The number of aryl methyl sites for hydroxylation is 1. The molecule has 0 aliphatic heterocycles. The van der Waals surface area contributed by atoms with Crippen molar-refractivity contribution in [3.05, 3.63) is 29.8 Å². The third-order valence-electron chi connectivity index (χ3n) is 4.55. The summed E-state index contributed by atoms with van der Waals surface area (Å²) in [6.45, 7) is 5.53. The second kappa shape index (κ2) is 12.6. The molecule has 1 N–H and O–H groups in total. The van der Waals surface area contributed by atoms with E-state index in [1.807, 2.05) is 0 Å². The summed E-state index contributed by atoms with van der Waals surface area (Å²) >= 11 is 0. The van der Waals surface area contributed by atoms with Crippen LogP contribution in [-0.2, 0) is 30.8 Å². The van der Waals surface area contributed by atoms with Gasteiger partial charge in [-0.3, -0.25) is 9.59 Å². The summed E-state index contributed by atoms with van der Waals surface area (Å²) in [4.78, 5) is 25.7. The molecule has 1 rings (SSSR count). The van der Waals surface area contributed by atoms with E-state index in [0.29, 0.717) is 32.7 Å². The second-order valence-corrected chi connectivity index (χ2v) is 8.62. The Balaban J connectivity index is 2.52. The number of carbonyl (C=O) groups is 2. The third kappa shape index (κ3) is 8.12. The Morgan fingerprint density at radius 3 is 2.28 bits per heavy atom. The SMILES string of the molecule is CCN(CC)S(=O)(=O)c1ccc(CCC(=O)N(C)CC(=O)NCCCOC)cc1. The zero-order valence-corrected chi connectivity index (χ0v) is 18.6. The molecule has 1 aromatic carbocycles. The van der Waals surface area contributed by atoms with E-state index in [1.54, 1.807) is 52.3 Å². The van der Waals surface area contributed by atoms with Crippen LogP contribution in [0.1, 0.15) is 32.3 Å². The number of hydrogen-bond donors (Lipinski definition) is 1. The minimum absolute atomic E-state index is 0.00681. The molecule has 8 nitrogen and oxygen atoms in total. The van der Waals surface area contributed by atoms with E-state index < -0.39 is 10.0 Å². The zero-order chi connectivity index (χ0) is 21.9. The molecule has 0 aromatic heterocycles. The minimum atomic E-state index is -3.48. The van der Waals surface area contributed by atoms with Crippen LogP contribution in [0.15, 0.2) is 29.2 Å². The topological polar surface area (TPSA) is 96.0 Å². The monoisotopic (exact) mass is 427 g/mol. The van der Waals surface area contributed by atoms with Gasteiger partial charge in [-0.15, -0.1) is 0 Å². The largest absolute Gasteiger partial charge is 0.385 e. The van der Waals surface area contributed by atoms with E-state index in [2.05, 4.69) is 5.32 Å². The lowest BCUT2D eigenvalue weighted by Gasteiger charge is -2.18. The summed E-state index contributed by atoms with van der Waals surface area (Å²) in [6.07, 6.45) is 1.44. The number of carbonyl (C=O) groups excluding carboxylic acids is 2. The Hall–Kier alpha value is -1.97. The minimum Gasteiger partial charge on any atom is -0.385 e. The van der Waals surface area contributed by atoms with E-state index in [0.717, 1.165) is 12.0 Å². The van der Waals surface area contributed by atoms with E-state index in [1.165, 1.54) is 9.21 Å². The summed E-state index contributed by atoms with van der Waals surface area (Å²) in [5.41, 5.74) is 0.870. The fraction of sp³-hybridized carbons (Fsp3) is 0.600. The number of nitrogens with zero attached hydrogens (tertiary/aromatic N) is 2. The lowest BCUT2D eigenvalue weighted by Crippen LogP contribution is -2.38. The zero-order valence-electron chi connectivity index (χ0n) is 17.8. The Labute approximate surface area is 174 Å². The van der Waals surface area contributed by atoms with Crippen molar-refractivity contribution in [3.8, 4) is 0 Å². The summed E-state index contributed by atoms with van der Waals surface area (Å²) in [5.74, 6) is -0.347. The lowest BCUT2D eigenvalue weighted by molar-refractivity contribution is -0.134. The average molecular weight is 428 g/mol. The number of rotatable bonds is 13. The van der Waals surface area contributed by atoms with Crippen molar-refractivity contribution in [2.45, 2.75) is 38.0 Å². The highest BCUT2D eigenvalue weighted by Crippen LogP contribution is 2.17. The number of hydrogen-bond acceptors (Lipinski definition) is 5. The molecule has 0 aliphatic rings. The molecule has 0 radical (unpaired) electrons. The number of ether oxygens (including phenoxy) is 1. The fourth-order valence-electron chi connectivity index (χ4n) is 2.79. The van der Waals surface area contributed by atoms with Gasteiger partial charge in [-0.1, -0.05) is 26.0 Å². The molecule has 0 bridgehead atoms. The van der Waals surface area contributed by atoms with Crippen molar-refractivity contribution in [3.63, 3.8) is 0 Å². The van der Waals surface area contributed by atoms with Gasteiger partial charge in [-0.25, -0.2) is 8.42 Å². The van der Waals surface area contributed by atoms with E-state index in [9.17, 15) is 18.0 Å². The van der Waals surface area contributed by atoms with Crippen molar-refractivity contribution < 1.29 is 22.7 Å². The summed E-state index contributed by atoms with van der Waals surface area (Å²) in [5, 5.41) is 2.74. The molecule has 0 spiro atoms. The van der Waals surface area contributed by atoms with Crippen LogP contribution in [0.5, 0.6) is 0 Å². The Morgan fingerprint density at radius 2 is 1.72 bits per heavy atom. The molecule has 9 heteroatoms. The first-order valence-electron chi connectivity index (χ1n) is 9.84. The Bertz CT molecular complexity index is 746. The van der Waals surface area contributed by atoms with Gasteiger partial charge in [0.05, 0.1) is 11.4 Å². The van der Waals surface area contributed by atoms with Crippen LogP contribution in [0.2, 0.25) is 0 Å². The highest BCUT2D eigenvalue weighted by Gasteiger charge is 2.21. The first-order valence-corrected chi connectivity index (χ1v) is 11.3. The molecular weight excluding hydrogens is 394 g/mol. The van der Waals surface area contributed by atoms with Gasteiger partial charge in [0.1, 0.15) is 0 Å². The van der Waals surface area contributed by atoms with Crippen LogP contribution >= 0.6 is 0 Å². The van der Waals surface area contributed by atoms with Crippen LogP contribution in [0.4, 0.5) is 0 Å². The normalized spacial score (nSPS) is 11.5. The predicted molar refractivity (Wildman–Crippen MR) is 112 cm³/mol. The third-order valence-corrected chi connectivity index (χ3v) is 6.61. The molecule has 0 atom stereocenters. The summed E-state index contributed by atoms with van der Waals surface area (Å²) in [6, 6.07) is 6.60. The van der Waals surface area contributed by atoms with Crippen molar-refractivity contribution >= 4 is 21.8 Å². The van der Waals surface area contributed by atoms with E-state index in [4.69, 9.17) is 4.74 Å². The summed E-state index contributed by atoms with van der Waals surface area (Å²) < 4.78 is 31.3. The van der Waals surface area contributed by atoms with Crippen LogP contribution < -0.4 is 5.32 Å². The number of nitrogens with one attached hydrogen (secondary N) is 1. The second-order valence-electron chi connectivity index (χ2n) is 6.68. The Morgan fingerprint density at radius 1 is 1.10 bits per heavy atom. The number of benzene rings is 1. The standard InChI is InChI=1S/C20H33N3O5S/c1-5-23(6-2)29(26,27)18-11-8-17(9-12-18)10-13-20(25)22(3)16-19(24)21-14-7-15-28-4/h8-9,11-12H,5-7,10,13-16H2,1-4H3,(H,21,24).